The van der Waals surface area contributed by atoms with Crippen molar-refractivity contribution in [2.75, 3.05) is 13.1 Å². The van der Waals surface area contributed by atoms with Crippen molar-refractivity contribution in [3.63, 3.8) is 0 Å². The number of carboxylic acids is 1. The summed E-state index contributed by atoms with van der Waals surface area (Å²) in [6.45, 7) is 2.22. The molecular weight excluding hydrogens is 232 g/mol. The van der Waals surface area contributed by atoms with Crippen LogP contribution in [0.25, 0.3) is 0 Å². The Morgan fingerprint density at radius 3 is 2.56 bits per heavy atom. The number of carbonyl (C=O) groups is 2. The lowest BCUT2D eigenvalue weighted by molar-refractivity contribution is -0.146. The molecular formula is C13H24N2O3. The molecule has 3 N–H and O–H groups in total. The third-order valence-electron chi connectivity index (χ3n) is 3.52. The first-order valence-electron chi connectivity index (χ1n) is 6.82. The lowest BCUT2D eigenvalue weighted by atomic mass is 9.94. The highest BCUT2D eigenvalue weighted by Crippen LogP contribution is 2.24. The number of nitrogens with two attached hydrogens (primary N) is 1. The van der Waals surface area contributed by atoms with E-state index < -0.39 is 5.97 Å². The molecule has 1 amide bonds. The monoisotopic (exact) mass is 256 g/mol. The first-order valence-corrected chi connectivity index (χ1v) is 6.82. The second-order valence-corrected chi connectivity index (χ2v) is 5.06. The van der Waals surface area contributed by atoms with E-state index in [2.05, 4.69) is 0 Å². The first-order chi connectivity index (χ1) is 8.56. The molecule has 0 saturated heterocycles. The maximum absolute atomic E-state index is 12.4. The number of rotatable bonds is 5. The summed E-state index contributed by atoms with van der Waals surface area (Å²) >= 11 is 0. The van der Waals surface area contributed by atoms with Crippen LogP contribution in [0.5, 0.6) is 0 Å². The van der Waals surface area contributed by atoms with Crippen molar-refractivity contribution < 1.29 is 14.7 Å². The van der Waals surface area contributed by atoms with E-state index in [0.29, 0.717) is 6.54 Å². The molecule has 0 aromatic rings. The molecule has 0 aromatic heterocycles. The topological polar surface area (TPSA) is 83.6 Å². The van der Waals surface area contributed by atoms with Gasteiger partial charge in [0.1, 0.15) is 6.54 Å². The quantitative estimate of drug-likeness (QED) is 0.724. The van der Waals surface area contributed by atoms with E-state index >= 15 is 0 Å². The van der Waals surface area contributed by atoms with Gasteiger partial charge in [-0.05, 0) is 19.3 Å². The van der Waals surface area contributed by atoms with Crippen LogP contribution >= 0.6 is 0 Å². The third-order valence-corrected chi connectivity index (χ3v) is 3.52. The minimum atomic E-state index is -0.959. The Morgan fingerprint density at radius 1 is 1.28 bits per heavy atom. The largest absolute Gasteiger partial charge is 0.480 e. The average Bonchev–Trinajstić information content (AvgIpc) is 2.52. The minimum absolute atomic E-state index is 0.0753. The van der Waals surface area contributed by atoms with Crippen LogP contribution in [-0.2, 0) is 9.59 Å². The summed E-state index contributed by atoms with van der Waals surface area (Å²) in [6, 6.07) is -0.117. The lowest BCUT2D eigenvalue weighted by Crippen LogP contribution is -2.45. The fourth-order valence-electron chi connectivity index (χ4n) is 2.58. The van der Waals surface area contributed by atoms with Crippen molar-refractivity contribution in [3.8, 4) is 0 Å². The third kappa shape index (κ3) is 4.29. The van der Waals surface area contributed by atoms with Gasteiger partial charge in [0.15, 0.2) is 0 Å². The van der Waals surface area contributed by atoms with Gasteiger partial charge in [0.2, 0.25) is 5.91 Å². The second kappa shape index (κ2) is 7.36. The highest BCUT2D eigenvalue weighted by Gasteiger charge is 2.30. The molecule has 1 saturated carbocycles. The molecule has 0 bridgehead atoms. The van der Waals surface area contributed by atoms with Gasteiger partial charge in [0, 0.05) is 12.6 Å². The molecule has 5 heteroatoms. The molecule has 5 nitrogen and oxygen atoms in total. The van der Waals surface area contributed by atoms with E-state index in [-0.39, 0.29) is 24.4 Å². The molecule has 0 radical (unpaired) electrons. The zero-order chi connectivity index (χ0) is 13.5. The van der Waals surface area contributed by atoms with Crippen LogP contribution in [-0.4, -0.2) is 41.0 Å². The summed E-state index contributed by atoms with van der Waals surface area (Å²) in [4.78, 5) is 24.6. The summed E-state index contributed by atoms with van der Waals surface area (Å²) in [5, 5.41) is 8.85. The van der Waals surface area contributed by atoms with Gasteiger partial charge in [0.25, 0.3) is 0 Å². The molecule has 0 heterocycles. The molecule has 1 rings (SSSR count). The maximum Gasteiger partial charge on any atom is 0.323 e. The van der Waals surface area contributed by atoms with Gasteiger partial charge in [-0.2, -0.15) is 0 Å². The Labute approximate surface area is 108 Å². The van der Waals surface area contributed by atoms with Crippen LogP contribution in [0.15, 0.2) is 0 Å². The molecule has 18 heavy (non-hydrogen) atoms. The highest BCUT2D eigenvalue weighted by molar-refractivity contribution is 5.83. The smallest absolute Gasteiger partial charge is 0.323 e. The van der Waals surface area contributed by atoms with Gasteiger partial charge in [0.05, 0.1) is 5.92 Å². The molecule has 0 spiro atoms. The molecule has 2 atom stereocenters. The number of hydrogen-bond donors (Lipinski definition) is 2. The van der Waals surface area contributed by atoms with Gasteiger partial charge in [-0.3, -0.25) is 9.59 Å². The van der Waals surface area contributed by atoms with Crippen LogP contribution in [0.2, 0.25) is 0 Å². The Kier molecular flexibility index (Phi) is 6.12. The van der Waals surface area contributed by atoms with Crippen molar-refractivity contribution in [2.45, 2.75) is 51.5 Å². The SMILES string of the molecule is CCCN(CC(=O)O)C(=O)C1CCCCCC1N. The van der Waals surface area contributed by atoms with Crippen LogP contribution in [0.3, 0.4) is 0 Å². The minimum Gasteiger partial charge on any atom is -0.480 e. The molecule has 1 aliphatic rings. The predicted octanol–water partition coefficient (Wildman–Crippen LogP) is 1.22. The zero-order valence-corrected chi connectivity index (χ0v) is 11.1. The van der Waals surface area contributed by atoms with Crippen molar-refractivity contribution >= 4 is 11.9 Å². The molecule has 0 aromatic carbocycles. The van der Waals surface area contributed by atoms with Crippen molar-refractivity contribution in [1.29, 1.82) is 0 Å². The Balaban J connectivity index is 2.69. The summed E-state index contributed by atoms with van der Waals surface area (Å²) in [5.41, 5.74) is 6.05. The van der Waals surface area contributed by atoms with Crippen LogP contribution in [0, 0.1) is 5.92 Å². The Bertz CT molecular complexity index is 294. The number of nitrogens with zero attached hydrogens (tertiary/aromatic N) is 1. The summed E-state index contributed by atoms with van der Waals surface area (Å²) in [7, 11) is 0. The van der Waals surface area contributed by atoms with E-state index in [1.165, 1.54) is 4.90 Å². The molecule has 1 fully saturated rings. The summed E-state index contributed by atoms with van der Waals surface area (Å²) in [6.07, 6.45) is 5.61. The molecule has 2 unspecified atom stereocenters. The Hall–Kier alpha value is -1.10. The fraction of sp³-hybridized carbons (Fsp3) is 0.846. The van der Waals surface area contributed by atoms with Gasteiger partial charge < -0.3 is 15.7 Å². The molecule has 104 valence electrons. The maximum atomic E-state index is 12.4. The highest BCUT2D eigenvalue weighted by atomic mass is 16.4. The predicted molar refractivity (Wildman–Crippen MR) is 69.1 cm³/mol. The van der Waals surface area contributed by atoms with E-state index in [1.54, 1.807) is 0 Å². The van der Waals surface area contributed by atoms with Gasteiger partial charge in [-0.25, -0.2) is 0 Å². The van der Waals surface area contributed by atoms with Crippen LogP contribution in [0.1, 0.15) is 45.4 Å². The number of amides is 1. The van der Waals surface area contributed by atoms with Gasteiger partial charge >= 0.3 is 5.97 Å². The standard InChI is InChI=1S/C13H24N2O3/c1-2-8-15(9-12(16)17)13(18)10-6-4-3-5-7-11(10)14/h10-11H,2-9,14H2,1H3,(H,16,17). The van der Waals surface area contributed by atoms with E-state index in [1.807, 2.05) is 6.92 Å². The van der Waals surface area contributed by atoms with Crippen molar-refractivity contribution in [3.05, 3.63) is 0 Å². The number of carbonyl (C=O) groups excluding carboxylic acids is 1. The normalized spacial score (nSPS) is 24.3. The Morgan fingerprint density at radius 2 is 1.94 bits per heavy atom. The number of hydrogen-bond acceptors (Lipinski definition) is 3. The molecule has 1 aliphatic carbocycles. The van der Waals surface area contributed by atoms with E-state index in [4.69, 9.17) is 10.8 Å². The lowest BCUT2D eigenvalue weighted by Gasteiger charge is -2.28. The second-order valence-electron chi connectivity index (χ2n) is 5.06. The first kappa shape index (κ1) is 15.0. The number of aliphatic carboxylic acids is 1. The van der Waals surface area contributed by atoms with Crippen LogP contribution in [0.4, 0.5) is 0 Å². The van der Waals surface area contributed by atoms with Gasteiger partial charge in [-0.15, -0.1) is 0 Å². The number of carboxylic acid groups (broad SMARTS) is 1. The van der Waals surface area contributed by atoms with Crippen molar-refractivity contribution in [2.24, 2.45) is 11.7 Å². The van der Waals surface area contributed by atoms with Gasteiger partial charge in [-0.1, -0.05) is 26.2 Å². The summed E-state index contributed by atoms with van der Waals surface area (Å²) in [5.74, 6) is -1.23. The fourth-order valence-corrected chi connectivity index (χ4v) is 2.58. The van der Waals surface area contributed by atoms with E-state index in [9.17, 15) is 9.59 Å². The summed E-state index contributed by atoms with van der Waals surface area (Å²) < 4.78 is 0. The molecule has 0 aliphatic heterocycles. The average molecular weight is 256 g/mol. The van der Waals surface area contributed by atoms with Crippen LogP contribution < -0.4 is 5.73 Å². The van der Waals surface area contributed by atoms with Crippen molar-refractivity contribution in [1.82, 2.24) is 4.90 Å². The zero-order valence-electron chi connectivity index (χ0n) is 11.1. The van der Waals surface area contributed by atoms with E-state index in [0.717, 1.165) is 38.5 Å².